The Morgan fingerprint density at radius 3 is 2.39 bits per heavy atom. The number of Topliss-reactive ketones (excluding diaryl/α,β-unsaturated/α-hetero) is 5. The summed E-state index contributed by atoms with van der Waals surface area (Å²) in [5.74, 6) is -7.51. The molecule has 0 saturated heterocycles. The lowest BCUT2D eigenvalue weighted by Crippen LogP contribution is -2.55. The van der Waals surface area contributed by atoms with E-state index in [2.05, 4.69) is 4.98 Å². The van der Waals surface area contributed by atoms with Crippen LogP contribution in [0.3, 0.4) is 0 Å². The molecule has 33 heavy (non-hydrogen) atoms. The Bertz CT molecular complexity index is 1250. The summed E-state index contributed by atoms with van der Waals surface area (Å²) in [6.07, 6.45) is 2.24. The van der Waals surface area contributed by atoms with Crippen LogP contribution in [-0.4, -0.2) is 39.0 Å². The van der Waals surface area contributed by atoms with Crippen LogP contribution >= 0.6 is 11.6 Å². The van der Waals surface area contributed by atoms with E-state index in [0.29, 0.717) is 34.7 Å². The number of aromatic nitrogens is 1. The summed E-state index contributed by atoms with van der Waals surface area (Å²) >= 11 is 5.90. The topological polar surface area (TPSA) is 118 Å². The molecule has 0 bridgehead atoms. The van der Waals surface area contributed by atoms with Gasteiger partial charge in [-0.3, -0.25) is 24.0 Å². The molecular formula is C25H20ClNO6. The van der Waals surface area contributed by atoms with Crippen LogP contribution in [0.25, 0.3) is 11.1 Å². The van der Waals surface area contributed by atoms with Gasteiger partial charge in [0, 0.05) is 18.2 Å². The maximum Gasteiger partial charge on any atom is 0.177 e. The van der Waals surface area contributed by atoms with Crippen molar-refractivity contribution in [1.29, 1.82) is 0 Å². The fourth-order valence-corrected chi connectivity index (χ4v) is 6.04. The van der Waals surface area contributed by atoms with Crippen molar-refractivity contribution >= 4 is 40.5 Å². The first-order valence-electron chi connectivity index (χ1n) is 10.8. The van der Waals surface area contributed by atoms with Gasteiger partial charge < -0.3 is 5.11 Å². The number of benzene rings is 1. The van der Waals surface area contributed by atoms with Crippen molar-refractivity contribution in [3.8, 4) is 16.9 Å². The Morgan fingerprint density at radius 2 is 1.73 bits per heavy atom. The van der Waals surface area contributed by atoms with Crippen molar-refractivity contribution in [2.45, 2.75) is 26.2 Å². The Morgan fingerprint density at radius 1 is 1.00 bits per heavy atom. The monoisotopic (exact) mass is 465 g/mol. The highest BCUT2D eigenvalue weighted by Crippen LogP contribution is 2.49. The van der Waals surface area contributed by atoms with Gasteiger partial charge in [0.25, 0.3) is 0 Å². The summed E-state index contributed by atoms with van der Waals surface area (Å²) in [5.41, 5.74) is 2.12. The first kappa shape index (κ1) is 21.6. The number of aromatic hydroxyl groups is 1. The van der Waals surface area contributed by atoms with E-state index in [4.69, 9.17) is 11.6 Å². The molecule has 0 amide bonds. The molecule has 8 heteroatoms. The molecule has 0 radical (unpaired) electrons. The summed E-state index contributed by atoms with van der Waals surface area (Å²) in [5, 5.41) is 10.8. The van der Waals surface area contributed by atoms with Gasteiger partial charge in [-0.05, 0) is 60.9 Å². The van der Waals surface area contributed by atoms with E-state index in [1.54, 1.807) is 24.4 Å². The van der Waals surface area contributed by atoms with Crippen molar-refractivity contribution < 1.29 is 29.1 Å². The van der Waals surface area contributed by atoms with Crippen LogP contribution in [0, 0.1) is 29.6 Å². The van der Waals surface area contributed by atoms with E-state index in [9.17, 15) is 29.1 Å². The van der Waals surface area contributed by atoms with Crippen LogP contribution in [0.5, 0.6) is 5.75 Å². The number of halogens is 1. The molecule has 3 aliphatic carbocycles. The van der Waals surface area contributed by atoms with Gasteiger partial charge in [-0.2, -0.15) is 0 Å². The van der Waals surface area contributed by atoms with Crippen LogP contribution in [-0.2, 0) is 25.6 Å². The number of hydrogen-bond donors (Lipinski definition) is 1. The van der Waals surface area contributed by atoms with E-state index in [0.717, 1.165) is 0 Å². The van der Waals surface area contributed by atoms with Gasteiger partial charge in [-0.15, -0.1) is 0 Å². The second-order valence-electron chi connectivity index (χ2n) is 9.15. The van der Waals surface area contributed by atoms with E-state index in [1.807, 2.05) is 0 Å². The number of hydrogen-bond acceptors (Lipinski definition) is 7. The van der Waals surface area contributed by atoms with E-state index in [1.165, 1.54) is 13.0 Å². The van der Waals surface area contributed by atoms with Crippen molar-refractivity contribution in [2.24, 2.45) is 29.6 Å². The number of rotatable bonds is 2. The van der Waals surface area contributed by atoms with Crippen LogP contribution < -0.4 is 0 Å². The van der Waals surface area contributed by atoms with Crippen molar-refractivity contribution in [1.82, 2.24) is 4.98 Å². The molecule has 1 aromatic heterocycles. The zero-order chi connectivity index (χ0) is 23.6. The third kappa shape index (κ3) is 3.25. The summed E-state index contributed by atoms with van der Waals surface area (Å²) in [4.78, 5) is 68.3. The van der Waals surface area contributed by atoms with Gasteiger partial charge in [-0.1, -0.05) is 17.7 Å². The lowest BCUT2D eigenvalue weighted by Gasteiger charge is -2.44. The first-order chi connectivity index (χ1) is 15.7. The summed E-state index contributed by atoms with van der Waals surface area (Å²) in [7, 11) is 0. The zero-order valence-electron chi connectivity index (χ0n) is 17.7. The Labute approximate surface area is 194 Å². The predicted molar refractivity (Wildman–Crippen MR) is 117 cm³/mol. The van der Waals surface area contributed by atoms with Gasteiger partial charge in [0.2, 0.25) is 0 Å². The lowest BCUT2D eigenvalue weighted by molar-refractivity contribution is -0.152. The van der Waals surface area contributed by atoms with Crippen LogP contribution in [0.2, 0.25) is 5.15 Å². The van der Waals surface area contributed by atoms with Crippen LogP contribution in [0.15, 0.2) is 30.5 Å². The molecule has 0 aliphatic heterocycles. The molecule has 2 fully saturated rings. The third-order valence-electron chi connectivity index (χ3n) is 7.27. The second-order valence-corrected chi connectivity index (χ2v) is 9.54. The van der Waals surface area contributed by atoms with Crippen LogP contribution in [0.4, 0.5) is 0 Å². The SMILES string of the molecule is CC(=O)C1C(=O)CC2CC3Cc4c(-c5ccc(Cl)nc5)ccc(O)c4C(=O)C3C(=O)C2C1=O. The van der Waals surface area contributed by atoms with Gasteiger partial charge in [-0.25, -0.2) is 4.98 Å². The summed E-state index contributed by atoms with van der Waals surface area (Å²) in [6, 6.07) is 6.50. The molecule has 1 N–H and O–H groups in total. The molecule has 168 valence electrons. The van der Waals surface area contributed by atoms with Gasteiger partial charge in [0.1, 0.15) is 22.6 Å². The second kappa shape index (κ2) is 7.70. The van der Waals surface area contributed by atoms with E-state index < -0.39 is 58.5 Å². The average Bonchev–Trinajstić information content (AvgIpc) is 2.74. The predicted octanol–water partition coefficient (Wildman–Crippen LogP) is 3.03. The molecule has 3 aliphatic rings. The number of carbonyl (C=O) groups excluding carboxylic acids is 5. The van der Waals surface area contributed by atoms with Crippen molar-refractivity contribution in [3.63, 3.8) is 0 Å². The fourth-order valence-electron chi connectivity index (χ4n) is 5.92. The molecule has 2 saturated carbocycles. The highest BCUT2D eigenvalue weighted by molar-refractivity contribution is 6.29. The average molecular weight is 466 g/mol. The fraction of sp³-hybridized carbons (Fsp3) is 0.360. The van der Waals surface area contributed by atoms with E-state index in [-0.39, 0.29) is 17.7 Å². The maximum atomic E-state index is 13.5. The number of phenols is 1. The molecule has 5 unspecified atom stereocenters. The zero-order valence-corrected chi connectivity index (χ0v) is 18.5. The van der Waals surface area contributed by atoms with Gasteiger partial charge >= 0.3 is 0 Å². The number of pyridine rings is 1. The molecule has 5 atom stereocenters. The number of phenolic OH excluding ortho intramolecular Hbond substituents is 1. The molecule has 5 rings (SSSR count). The molecule has 1 aromatic carbocycles. The Hall–Kier alpha value is -3.19. The largest absolute Gasteiger partial charge is 0.507 e. The van der Waals surface area contributed by atoms with Gasteiger partial charge in [0.15, 0.2) is 23.1 Å². The third-order valence-corrected chi connectivity index (χ3v) is 7.49. The summed E-state index contributed by atoms with van der Waals surface area (Å²) in [6.45, 7) is 1.17. The quantitative estimate of drug-likeness (QED) is 0.534. The van der Waals surface area contributed by atoms with Crippen molar-refractivity contribution in [2.75, 3.05) is 0 Å². The number of carbonyl (C=O) groups is 5. The molecule has 0 spiro atoms. The highest BCUT2D eigenvalue weighted by atomic mass is 35.5. The number of ketones is 5. The summed E-state index contributed by atoms with van der Waals surface area (Å²) < 4.78 is 0. The maximum absolute atomic E-state index is 13.5. The number of nitrogens with zero attached hydrogens (tertiary/aromatic N) is 1. The lowest BCUT2D eigenvalue weighted by atomic mass is 9.55. The van der Waals surface area contributed by atoms with E-state index >= 15 is 0 Å². The Kier molecular flexibility index (Phi) is 5.05. The Balaban J connectivity index is 1.58. The highest BCUT2D eigenvalue weighted by Gasteiger charge is 2.57. The number of fused-ring (bicyclic) bond motifs is 3. The first-order valence-corrected chi connectivity index (χ1v) is 11.2. The standard InChI is InChI=1S/C25H20ClNO6/c1-10(28)19-17(30)8-13-6-12-7-15-14(11-2-5-18(26)27-9-11)3-4-16(29)22(15)25(33)20(12)24(32)21(13)23(19)31/h2-5,9,12-13,19-21,29H,6-8H2,1H3. The minimum absolute atomic E-state index is 0.0232. The molecule has 2 aromatic rings. The minimum Gasteiger partial charge on any atom is -0.507 e. The van der Waals surface area contributed by atoms with Gasteiger partial charge in [0.05, 0.1) is 17.4 Å². The van der Waals surface area contributed by atoms with Crippen LogP contribution in [0.1, 0.15) is 35.7 Å². The normalized spacial score (nSPS) is 28.7. The minimum atomic E-state index is -1.42. The van der Waals surface area contributed by atoms with Crippen molar-refractivity contribution in [3.05, 3.63) is 46.7 Å². The molecule has 1 heterocycles. The molecular weight excluding hydrogens is 446 g/mol. The molecule has 7 nitrogen and oxygen atoms in total. The smallest absolute Gasteiger partial charge is 0.177 e.